The number of hydrogen-bond acceptors (Lipinski definition) is 6. The summed E-state index contributed by atoms with van der Waals surface area (Å²) in [6.45, 7) is 0. The largest absolute Gasteiger partial charge is 0.497 e. The second-order valence-corrected chi connectivity index (χ2v) is 5.42. The molecule has 0 amide bonds. The van der Waals surface area contributed by atoms with Gasteiger partial charge in [-0.05, 0) is 24.3 Å². The summed E-state index contributed by atoms with van der Waals surface area (Å²) in [5.41, 5.74) is 1.45. The number of ketones is 1. The Labute approximate surface area is 139 Å². The molecule has 7 nitrogen and oxygen atoms in total. The number of carbonyl (C=O) groups is 1. The molecule has 2 heterocycles. The van der Waals surface area contributed by atoms with E-state index in [1.807, 2.05) is 19.0 Å². The number of fused-ring (bicyclic) bond motifs is 1. The predicted octanol–water partition coefficient (Wildman–Crippen LogP) is 1.80. The maximum absolute atomic E-state index is 12.8. The summed E-state index contributed by atoms with van der Waals surface area (Å²) in [5.74, 6) is 1.24. The van der Waals surface area contributed by atoms with Crippen molar-refractivity contribution < 1.29 is 14.4 Å². The van der Waals surface area contributed by atoms with E-state index >= 15 is 0 Å². The second-order valence-electron chi connectivity index (χ2n) is 5.42. The van der Waals surface area contributed by atoms with Gasteiger partial charge in [0.2, 0.25) is 5.78 Å². The Morgan fingerprint density at radius 3 is 2.54 bits per heavy atom. The van der Waals surface area contributed by atoms with Gasteiger partial charge in [0.15, 0.2) is 0 Å². The van der Waals surface area contributed by atoms with Gasteiger partial charge < -0.3 is 14.5 Å². The van der Waals surface area contributed by atoms with E-state index in [9.17, 15) is 4.79 Å². The number of hydrogen-bond donors (Lipinski definition) is 0. The third-order valence-corrected chi connectivity index (χ3v) is 3.71. The number of rotatable bonds is 5. The van der Waals surface area contributed by atoms with Crippen LogP contribution in [0.15, 0.2) is 36.5 Å². The van der Waals surface area contributed by atoms with Crippen LogP contribution in [0.2, 0.25) is 0 Å². The van der Waals surface area contributed by atoms with Crippen LogP contribution in [0.4, 0.5) is 5.82 Å². The van der Waals surface area contributed by atoms with Crippen molar-refractivity contribution in [2.24, 2.45) is 0 Å². The molecule has 7 heteroatoms. The van der Waals surface area contributed by atoms with Crippen LogP contribution in [0.25, 0.3) is 10.9 Å². The van der Waals surface area contributed by atoms with Crippen LogP contribution in [-0.2, 0) is 0 Å². The van der Waals surface area contributed by atoms with Crippen LogP contribution < -0.4 is 14.5 Å². The second kappa shape index (κ2) is 6.19. The van der Waals surface area contributed by atoms with Gasteiger partial charge in [0.1, 0.15) is 29.9 Å². The number of pyridine rings is 1. The quantitative estimate of drug-likeness (QED) is 0.666. The van der Waals surface area contributed by atoms with Gasteiger partial charge in [-0.1, -0.05) is 4.85 Å². The van der Waals surface area contributed by atoms with Gasteiger partial charge in [0.25, 0.3) is 0 Å². The zero-order chi connectivity index (χ0) is 17.3. The standard InChI is InChI=1S/C17H18N4O3/c1-20(2)15-8-5-11(10-18-15)17(22)16-13-7-6-12(23-3)9-14(13)21(19-16)24-4/h5-10H,1-4H3. The van der Waals surface area contributed by atoms with Crippen LogP contribution in [0.5, 0.6) is 5.75 Å². The molecule has 3 aromatic rings. The van der Waals surface area contributed by atoms with Gasteiger partial charge in [-0.25, -0.2) is 4.98 Å². The molecule has 24 heavy (non-hydrogen) atoms. The number of ether oxygens (including phenoxy) is 1. The van der Waals surface area contributed by atoms with Crippen molar-refractivity contribution in [3.8, 4) is 5.75 Å². The van der Waals surface area contributed by atoms with Crippen molar-refractivity contribution >= 4 is 22.5 Å². The zero-order valence-electron chi connectivity index (χ0n) is 14.0. The van der Waals surface area contributed by atoms with Crippen molar-refractivity contribution in [2.75, 3.05) is 33.2 Å². The first-order valence-electron chi connectivity index (χ1n) is 7.34. The van der Waals surface area contributed by atoms with Crippen molar-refractivity contribution in [1.82, 2.24) is 14.9 Å². The molecule has 0 unspecified atom stereocenters. The van der Waals surface area contributed by atoms with Gasteiger partial charge in [-0.3, -0.25) is 4.79 Å². The summed E-state index contributed by atoms with van der Waals surface area (Å²) in [4.78, 5) is 25.5. The highest BCUT2D eigenvalue weighted by atomic mass is 16.7. The van der Waals surface area contributed by atoms with Crippen LogP contribution in [0.3, 0.4) is 0 Å². The summed E-state index contributed by atoms with van der Waals surface area (Å²) in [7, 11) is 6.86. The molecular weight excluding hydrogens is 308 g/mol. The summed E-state index contributed by atoms with van der Waals surface area (Å²) in [6.07, 6.45) is 1.55. The first-order chi connectivity index (χ1) is 11.5. The van der Waals surface area contributed by atoms with Crippen LogP contribution >= 0.6 is 0 Å². The Hall–Kier alpha value is -3.09. The number of nitrogens with zero attached hydrogens (tertiary/aromatic N) is 4. The van der Waals surface area contributed by atoms with E-state index < -0.39 is 0 Å². The molecule has 0 radical (unpaired) electrons. The van der Waals surface area contributed by atoms with E-state index in [4.69, 9.17) is 9.57 Å². The first kappa shape index (κ1) is 15.8. The lowest BCUT2D eigenvalue weighted by molar-refractivity contribution is 0.102. The summed E-state index contributed by atoms with van der Waals surface area (Å²) < 4.78 is 5.22. The molecule has 0 aliphatic rings. The fourth-order valence-electron chi connectivity index (χ4n) is 2.42. The molecule has 1 aromatic carbocycles. The van der Waals surface area contributed by atoms with E-state index in [-0.39, 0.29) is 5.78 Å². The fourth-order valence-corrected chi connectivity index (χ4v) is 2.42. The van der Waals surface area contributed by atoms with Crippen LogP contribution in [0, 0.1) is 0 Å². The lowest BCUT2D eigenvalue weighted by Crippen LogP contribution is -2.12. The number of benzene rings is 1. The Kier molecular flexibility index (Phi) is 4.07. The Bertz CT molecular complexity index is 885. The topological polar surface area (TPSA) is 69.5 Å². The predicted molar refractivity (Wildman–Crippen MR) is 90.8 cm³/mol. The van der Waals surface area contributed by atoms with Crippen LogP contribution in [0.1, 0.15) is 16.1 Å². The summed E-state index contributed by atoms with van der Waals surface area (Å²) >= 11 is 0. The molecule has 3 rings (SSSR count). The molecule has 0 atom stereocenters. The molecule has 0 aliphatic carbocycles. The summed E-state index contributed by atoms with van der Waals surface area (Å²) in [5, 5.41) is 4.96. The molecule has 124 valence electrons. The molecule has 0 fully saturated rings. The third-order valence-electron chi connectivity index (χ3n) is 3.71. The molecule has 0 spiro atoms. The summed E-state index contributed by atoms with van der Waals surface area (Å²) in [6, 6.07) is 8.90. The minimum atomic E-state index is -0.209. The van der Waals surface area contributed by atoms with Crippen LogP contribution in [-0.4, -0.2) is 49.0 Å². The average Bonchev–Trinajstić information content (AvgIpc) is 2.98. The minimum absolute atomic E-state index is 0.209. The fraction of sp³-hybridized carbons (Fsp3) is 0.235. The third kappa shape index (κ3) is 2.64. The van der Waals surface area contributed by atoms with Crippen molar-refractivity contribution in [1.29, 1.82) is 0 Å². The Morgan fingerprint density at radius 1 is 1.17 bits per heavy atom. The SMILES string of the molecule is COc1ccc2c(C(=O)c3ccc(N(C)C)nc3)nn(OC)c2c1. The average molecular weight is 326 g/mol. The van der Waals surface area contributed by atoms with Gasteiger partial charge >= 0.3 is 0 Å². The first-order valence-corrected chi connectivity index (χ1v) is 7.34. The van der Waals surface area contributed by atoms with Crippen molar-refractivity contribution in [3.63, 3.8) is 0 Å². The highest BCUT2D eigenvalue weighted by Crippen LogP contribution is 2.25. The molecule has 0 N–H and O–H groups in total. The highest BCUT2D eigenvalue weighted by molar-refractivity contribution is 6.14. The van der Waals surface area contributed by atoms with E-state index in [1.54, 1.807) is 43.6 Å². The minimum Gasteiger partial charge on any atom is -0.497 e. The lowest BCUT2D eigenvalue weighted by atomic mass is 10.1. The number of methoxy groups -OCH3 is 1. The van der Waals surface area contributed by atoms with Gasteiger partial charge in [0, 0.05) is 37.3 Å². The molecular formula is C17H18N4O3. The van der Waals surface area contributed by atoms with Gasteiger partial charge in [-0.2, -0.15) is 0 Å². The smallest absolute Gasteiger partial charge is 0.215 e. The maximum atomic E-state index is 12.8. The number of anilines is 1. The molecule has 0 bridgehead atoms. The monoisotopic (exact) mass is 326 g/mol. The molecule has 0 aliphatic heterocycles. The van der Waals surface area contributed by atoms with E-state index in [0.717, 1.165) is 5.82 Å². The normalized spacial score (nSPS) is 10.7. The van der Waals surface area contributed by atoms with Gasteiger partial charge in [-0.15, -0.1) is 5.10 Å². The van der Waals surface area contributed by atoms with Gasteiger partial charge in [0.05, 0.1) is 7.11 Å². The van der Waals surface area contributed by atoms with E-state index in [2.05, 4.69) is 10.1 Å². The number of carbonyl (C=O) groups excluding carboxylic acids is 1. The highest BCUT2D eigenvalue weighted by Gasteiger charge is 2.20. The lowest BCUT2D eigenvalue weighted by Gasteiger charge is -2.10. The van der Waals surface area contributed by atoms with Crippen molar-refractivity contribution in [3.05, 3.63) is 47.8 Å². The maximum Gasteiger partial charge on any atom is 0.215 e. The zero-order valence-corrected chi connectivity index (χ0v) is 14.0. The molecule has 2 aromatic heterocycles. The Morgan fingerprint density at radius 2 is 1.96 bits per heavy atom. The van der Waals surface area contributed by atoms with E-state index in [0.29, 0.717) is 27.9 Å². The van der Waals surface area contributed by atoms with Crippen molar-refractivity contribution in [2.45, 2.75) is 0 Å². The number of aromatic nitrogens is 3. The van der Waals surface area contributed by atoms with E-state index in [1.165, 1.54) is 12.0 Å². The molecule has 0 saturated carbocycles. The Balaban J connectivity index is 2.06. The molecule has 0 saturated heterocycles.